The van der Waals surface area contributed by atoms with Crippen molar-refractivity contribution in [2.24, 2.45) is 0 Å². The zero-order valence-corrected chi connectivity index (χ0v) is 13.6. The van der Waals surface area contributed by atoms with Crippen LogP contribution in [-0.2, 0) is 25.1 Å². The van der Waals surface area contributed by atoms with Crippen LogP contribution in [0, 0.1) is 0 Å². The summed E-state index contributed by atoms with van der Waals surface area (Å²) in [6.45, 7) is 4.04. The van der Waals surface area contributed by atoms with Crippen LogP contribution in [0.1, 0.15) is 29.7 Å². The van der Waals surface area contributed by atoms with Gasteiger partial charge in [0.15, 0.2) is 0 Å². The third-order valence-corrected chi connectivity index (χ3v) is 5.11. The Balaban J connectivity index is 1.81. The number of rotatable bonds is 4. The molecular weight excluding hydrogens is 302 g/mol. The van der Waals surface area contributed by atoms with Crippen LogP contribution in [0.2, 0.25) is 5.02 Å². The highest BCUT2D eigenvalue weighted by Crippen LogP contribution is 2.29. The molecule has 110 valence electrons. The first-order chi connectivity index (χ1) is 10.3. The number of nitrogens with zero attached hydrogens (tertiary/aromatic N) is 2. The zero-order valence-electron chi connectivity index (χ0n) is 12.0. The van der Waals surface area contributed by atoms with Crippen LogP contribution in [0.4, 0.5) is 0 Å². The van der Waals surface area contributed by atoms with Crippen molar-refractivity contribution in [2.75, 3.05) is 6.54 Å². The van der Waals surface area contributed by atoms with Gasteiger partial charge in [-0.25, -0.2) is 9.97 Å². The maximum absolute atomic E-state index is 6.19. The summed E-state index contributed by atoms with van der Waals surface area (Å²) in [5.74, 6) is 1.66. The molecule has 2 aromatic rings. The van der Waals surface area contributed by atoms with Crippen molar-refractivity contribution in [1.82, 2.24) is 15.3 Å². The molecular formula is C16H18ClN3S. The summed E-state index contributed by atoms with van der Waals surface area (Å²) in [6, 6.07) is 7.90. The quantitative estimate of drug-likeness (QED) is 0.873. The molecule has 0 aliphatic carbocycles. The molecule has 1 N–H and O–H groups in total. The SMILES string of the molecule is CCc1nc(CSc2ccccc2Cl)nc2c1CCNC2. The smallest absolute Gasteiger partial charge is 0.139 e. The number of halogens is 1. The van der Waals surface area contributed by atoms with Gasteiger partial charge in [-0.1, -0.05) is 30.7 Å². The molecule has 3 rings (SSSR count). The van der Waals surface area contributed by atoms with Gasteiger partial charge in [0.1, 0.15) is 5.82 Å². The van der Waals surface area contributed by atoms with Crippen LogP contribution < -0.4 is 5.32 Å². The second kappa shape index (κ2) is 6.77. The van der Waals surface area contributed by atoms with E-state index in [1.54, 1.807) is 11.8 Å². The molecule has 0 spiro atoms. The minimum Gasteiger partial charge on any atom is -0.311 e. The lowest BCUT2D eigenvalue weighted by Gasteiger charge is -2.19. The van der Waals surface area contributed by atoms with E-state index in [1.165, 1.54) is 17.0 Å². The average molecular weight is 320 g/mol. The van der Waals surface area contributed by atoms with E-state index in [-0.39, 0.29) is 0 Å². The van der Waals surface area contributed by atoms with Gasteiger partial charge in [-0.15, -0.1) is 11.8 Å². The van der Waals surface area contributed by atoms with Crippen molar-refractivity contribution < 1.29 is 0 Å². The molecule has 5 heteroatoms. The summed E-state index contributed by atoms with van der Waals surface area (Å²) in [4.78, 5) is 10.6. The van der Waals surface area contributed by atoms with Gasteiger partial charge >= 0.3 is 0 Å². The number of hydrogen-bond donors (Lipinski definition) is 1. The third kappa shape index (κ3) is 3.39. The van der Waals surface area contributed by atoms with Crippen LogP contribution in [-0.4, -0.2) is 16.5 Å². The number of aromatic nitrogens is 2. The Hall–Kier alpha value is -1.10. The number of thioether (sulfide) groups is 1. The van der Waals surface area contributed by atoms with Gasteiger partial charge < -0.3 is 5.32 Å². The summed E-state index contributed by atoms with van der Waals surface area (Å²) >= 11 is 7.89. The molecule has 0 unspecified atom stereocenters. The highest BCUT2D eigenvalue weighted by Gasteiger charge is 2.16. The molecule has 0 bridgehead atoms. The minimum absolute atomic E-state index is 0.754. The van der Waals surface area contributed by atoms with Gasteiger partial charge in [0.2, 0.25) is 0 Å². The molecule has 1 aromatic carbocycles. The first-order valence-electron chi connectivity index (χ1n) is 7.23. The van der Waals surface area contributed by atoms with Crippen molar-refractivity contribution >= 4 is 23.4 Å². The van der Waals surface area contributed by atoms with Crippen LogP contribution in [0.15, 0.2) is 29.2 Å². The van der Waals surface area contributed by atoms with Gasteiger partial charge in [-0.3, -0.25) is 0 Å². The Morgan fingerprint density at radius 2 is 2.14 bits per heavy atom. The Bertz CT molecular complexity index is 628. The first-order valence-corrected chi connectivity index (χ1v) is 8.60. The summed E-state index contributed by atoms with van der Waals surface area (Å²) < 4.78 is 0. The van der Waals surface area contributed by atoms with Crippen LogP contribution in [0.5, 0.6) is 0 Å². The fourth-order valence-electron chi connectivity index (χ4n) is 2.55. The van der Waals surface area contributed by atoms with Gasteiger partial charge in [0, 0.05) is 17.1 Å². The highest BCUT2D eigenvalue weighted by atomic mass is 35.5. The van der Waals surface area contributed by atoms with E-state index < -0.39 is 0 Å². The van der Waals surface area contributed by atoms with Crippen molar-refractivity contribution in [1.29, 1.82) is 0 Å². The molecule has 3 nitrogen and oxygen atoms in total. The lowest BCUT2D eigenvalue weighted by atomic mass is 10.0. The van der Waals surface area contributed by atoms with E-state index >= 15 is 0 Å². The number of hydrogen-bond acceptors (Lipinski definition) is 4. The van der Waals surface area contributed by atoms with E-state index in [1.807, 2.05) is 24.3 Å². The number of nitrogens with one attached hydrogen (secondary N) is 1. The van der Waals surface area contributed by atoms with Crippen molar-refractivity contribution in [3.63, 3.8) is 0 Å². The lowest BCUT2D eigenvalue weighted by molar-refractivity contribution is 0.611. The predicted molar refractivity (Wildman–Crippen MR) is 87.8 cm³/mol. The Kier molecular flexibility index (Phi) is 4.78. The van der Waals surface area contributed by atoms with Crippen LogP contribution in [0.3, 0.4) is 0 Å². The van der Waals surface area contributed by atoms with E-state index in [9.17, 15) is 0 Å². The van der Waals surface area contributed by atoms with E-state index in [0.717, 1.165) is 47.4 Å². The molecule has 0 atom stereocenters. The summed E-state index contributed by atoms with van der Waals surface area (Å²) in [5, 5.41) is 4.17. The Morgan fingerprint density at radius 1 is 1.29 bits per heavy atom. The van der Waals surface area contributed by atoms with Gasteiger partial charge in [-0.2, -0.15) is 0 Å². The van der Waals surface area contributed by atoms with E-state index in [2.05, 4.69) is 12.2 Å². The number of fused-ring (bicyclic) bond motifs is 1. The van der Waals surface area contributed by atoms with Gasteiger partial charge in [0.25, 0.3) is 0 Å². The van der Waals surface area contributed by atoms with Crippen molar-refractivity contribution in [3.05, 3.63) is 52.1 Å². The average Bonchev–Trinajstić information content (AvgIpc) is 2.53. The molecule has 1 aliphatic heterocycles. The topological polar surface area (TPSA) is 37.8 Å². The fourth-order valence-corrected chi connectivity index (χ4v) is 3.65. The van der Waals surface area contributed by atoms with Crippen LogP contribution in [0.25, 0.3) is 0 Å². The van der Waals surface area contributed by atoms with Gasteiger partial charge in [0.05, 0.1) is 16.5 Å². The zero-order chi connectivity index (χ0) is 14.7. The number of aryl methyl sites for hydroxylation is 1. The molecule has 0 radical (unpaired) electrons. The van der Waals surface area contributed by atoms with Crippen molar-refractivity contribution in [2.45, 2.75) is 37.0 Å². The number of benzene rings is 1. The second-order valence-electron chi connectivity index (χ2n) is 5.01. The molecule has 1 aliphatic rings. The maximum atomic E-state index is 6.19. The highest BCUT2D eigenvalue weighted by molar-refractivity contribution is 7.98. The molecule has 0 saturated heterocycles. The molecule has 2 heterocycles. The van der Waals surface area contributed by atoms with Crippen molar-refractivity contribution in [3.8, 4) is 0 Å². The molecule has 0 amide bonds. The third-order valence-electron chi connectivity index (χ3n) is 3.60. The summed E-state index contributed by atoms with van der Waals surface area (Å²) in [6.07, 6.45) is 2.01. The summed E-state index contributed by atoms with van der Waals surface area (Å²) in [7, 11) is 0. The Morgan fingerprint density at radius 3 is 2.95 bits per heavy atom. The standard InChI is InChI=1S/C16H18ClN3S/c1-2-13-11-7-8-18-9-14(11)20-16(19-13)10-21-15-6-4-3-5-12(15)17/h3-6,18H,2,7-10H2,1H3. The lowest BCUT2D eigenvalue weighted by Crippen LogP contribution is -2.27. The minimum atomic E-state index is 0.754. The molecule has 0 saturated carbocycles. The summed E-state index contributed by atoms with van der Waals surface area (Å²) in [5.41, 5.74) is 3.72. The molecule has 21 heavy (non-hydrogen) atoms. The second-order valence-corrected chi connectivity index (χ2v) is 6.44. The largest absolute Gasteiger partial charge is 0.311 e. The molecule has 1 aromatic heterocycles. The monoisotopic (exact) mass is 319 g/mol. The molecule has 0 fully saturated rings. The van der Waals surface area contributed by atoms with E-state index in [0.29, 0.717) is 0 Å². The van der Waals surface area contributed by atoms with Crippen LogP contribution >= 0.6 is 23.4 Å². The predicted octanol–water partition coefficient (Wildman–Crippen LogP) is 3.63. The van der Waals surface area contributed by atoms with Gasteiger partial charge in [-0.05, 0) is 37.1 Å². The maximum Gasteiger partial charge on any atom is 0.139 e. The normalized spacial score (nSPS) is 14.0. The first kappa shape index (κ1) is 14.8. The fraction of sp³-hybridized carbons (Fsp3) is 0.375. The van der Waals surface area contributed by atoms with E-state index in [4.69, 9.17) is 21.6 Å². The Labute approximate surface area is 134 Å².